The Hall–Kier alpha value is -1.75. The zero-order valence-electron chi connectivity index (χ0n) is 10.9. The molecule has 0 spiro atoms. The summed E-state index contributed by atoms with van der Waals surface area (Å²) in [7, 11) is 0. The molecule has 0 aliphatic carbocycles. The number of hydrogen-bond donors (Lipinski definition) is 2. The summed E-state index contributed by atoms with van der Waals surface area (Å²) in [5.41, 5.74) is 6.06. The minimum Gasteiger partial charge on any atom is -0.452 e. The van der Waals surface area contributed by atoms with Crippen molar-refractivity contribution in [2.24, 2.45) is 0 Å². The third kappa shape index (κ3) is 4.79. The highest BCUT2D eigenvalue weighted by atomic mass is 35.5. The van der Waals surface area contributed by atoms with Gasteiger partial charge in [-0.3, -0.25) is 4.79 Å². The highest BCUT2D eigenvalue weighted by Gasteiger charge is 2.14. The molecular weight excluding hydrogens is 268 g/mol. The van der Waals surface area contributed by atoms with E-state index in [0.717, 1.165) is 6.42 Å². The van der Waals surface area contributed by atoms with Crippen molar-refractivity contribution >= 4 is 29.2 Å². The lowest BCUT2D eigenvalue weighted by molar-refractivity contribution is -0.124. The number of carbonyl (C=O) groups excluding carboxylic acids is 2. The summed E-state index contributed by atoms with van der Waals surface area (Å²) in [6, 6.07) is 4.54. The summed E-state index contributed by atoms with van der Waals surface area (Å²) in [5, 5.41) is 3.07. The molecule has 5 nitrogen and oxygen atoms in total. The van der Waals surface area contributed by atoms with E-state index in [4.69, 9.17) is 22.1 Å². The number of amides is 1. The average molecular weight is 285 g/mol. The molecule has 19 heavy (non-hydrogen) atoms. The van der Waals surface area contributed by atoms with Crippen LogP contribution in [0.1, 0.15) is 30.6 Å². The Morgan fingerprint density at radius 1 is 1.47 bits per heavy atom. The van der Waals surface area contributed by atoms with Crippen LogP contribution in [0, 0.1) is 0 Å². The number of nitrogen functional groups attached to an aromatic ring is 1. The summed E-state index contributed by atoms with van der Waals surface area (Å²) in [4.78, 5) is 23.2. The molecule has 1 rings (SSSR count). The lowest BCUT2D eigenvalue weighted by atomic mass is 10.2. The van der Waals surface area contributed by atoms with E-state index >= 15 is 0 Å². The van der Waals surface area contributed by atoms with Crippen molar-refractivity contribution in [1.82, 2.24) is 5.32 Å². The molecule has 0 unspecified atom stereocenters. The smallest absolute Gasteiger partial charge is 0.340 e. The Kier molecular flexibility index (Phi) is 5.63. The molecule has 104 valence electrons. The van der Waals surface area contributed by atoms with Crippen LogP contribution < -0.4 is 11.1 Å². The first kappa shape index (κ1) is 15.3. The van der Waals surface area contributed by atoms with Crippen molar-refractivity contribution in [2.75, 3.05) is 12.3 Å². The van der Waals surface area contributed by atoms with Crippen molar-refractivity contribution in [1.29, 1.82) is 0 Å². The molecule has 0 fully saturated rings. The fourth-order valence-corrected chi connectivity index (χ4v) is 1.50. The maximum Gasteiger partial charge on any atom is 0.340 e. The van der Waals surface area contributed by atoms with Crippen molar-refractivity contribution in [3.8, 4) is 0 Å². The van der Waals surface area contributed by atoms with Gasteiger partial charge in [-0.1, -0.05) is 18.5 Å². The summed E-state index contributed by atoms with van der Waals surface area (Å²) in [6.45, 7) is 3.48. The minimum absolute atomic E-state index is 0.0439. The van der Waals surface area contributed by atoms with Gasteiger partial charge in [-0.2, -0.15) is 0 Å². The van der Waals surface area contributed by atoms with Gasteiger partial charge >= 0.3 is 5.97 Å². The van der Waals surface area contributed by atoms with E-state index in [1.165, 1.54) is 12.1 Å². The Bertz CT molecular complexity index is 477. The number of ether oxygens (including phenoxy) is 1. The summed E-state index contributed by atoms with van der Waals surface area (Å²) in [5.74, 6) is -1.01. The van der Waals surface area contributed by atoms with Gasteiger partial charge < -0.3 is 15.8 Å². The van der Waals surface area contributed by atoms with Gasteiger partial charge in [0.25, 0.3) is 5.91 Å². The first-order chi connectivity index (χ1) is 8.93. The third-order valence-corrected chi connectivity index (χ3v) is 2.82. The minimum atomic E-state index is -0.667. The average Bonchev–Trinajstić information content (AvgIpc) is 2.38. The number of anilines is 1. The number of halogens is 1. The zero-order valence-corrected chi connectivity index (χ0v) is 11.7. The summed E-state index contributed by atoms with van der Waals surface area (Å²) < 4.78 is 4.88. The molecule has 0 saturated carbocycles. The number of esters is 1. The monoisotopic (exact) mass is 284 g/mol. The van der Waals surface area contributed by atoms with Crippen molar-refractivity contribution in [3.05, 3.63) is 28.8 Å². The van der Waals surface area contributed by atoms with Gasteiger partial charge in [0.15, 0.2) is 6.61 Å². The Morgan fingerprint density at radius 3 is 2.79 bits per heavy atom. The largest absolute Gasteiger partial charge is 0.452 e. The Labute approximate surface area is 117 Å². The van der Waals surface area contributed by atoms with Crippen LogP contribution in [0.2, 0.25) is 5.02 Å². The van der Waals surface area contributed by atoms with Crippen LogP contribution in [0.15, 0.2) is 18.2 Å². The van der Waals surface area contributed by atoms with E-state index in [-0.39, 0.29) is 29.8 Å². The number of carbonyl (C=O) groups is 2. The van der Waals surface area contributed by atoms with Crippen molar-refractivity contribution in [2.45, 2.75) is 26.3 Å². The SMILES string of the molecule is CC[C@H](C)NC(=O)COC(=O)c1cc(Cl)ccc1N. The zero-order chi connectivity index (χ0) is 14.4. The van der Waals surface area contributed by atoms with Gasteiger partial charge in [0.05, 0.1) is 5.56 Å². The Morgan fingerprint density at radius 2 is 2.16 bits per heavy atom. The quantitative estimate of drug-likeness (QED) is 0.640. The molecule has 0 aromatic heterocycles. The fourth-order valence-electron chi connectivity index (χ4n) is 1.33. The lowest BCUT2D eigenvalue weighted by Gasteiger charge is -2.12. The van der Waals surface area contributed by atoms with Crippen molar-refractivity contribution in [3.63, 3.8) is 0 Å². The van der Waals surface area contributed by atoms with Gasteiger partial charge in [0.2, 0.25) is 0 Å². The molecule has 1 atom stereocenters. The van der Waals surface area contributed by atoms with Crippen LogP contribution in [-0.2, 0) is 9.53 Å². The van der Waals surface area contributed by atoms with E-state index in [0.29, 0.717) is 5.02 Å². The molecule has 1 amide bonds. The van der Waals surface area contributed by atoms with Gasteiger partial charge in [-0.05, 0) is 31.5 Å². The maximum absolute atomic E-state index is 11.7. The van der Waals surface area contributed by atoms with Crippen LogP contribution in [0.5, 0.6) is 0 Å². The predicted octanol–water partition coefficient (Wildman–Crippen LogP) is 1.99. The predicted molar refractivity (Wildman–Crippen MR) is 74.0 cm³/mol. The third-order valence-electron chi connectivity index (χ3n) is 2.59. The highest BCUT2D eigenvalue weighted by molar-refractivity contribution is 6.31. The van der Waals surface area contributed by atoms with Crippen molar-refractivity contribution < 1.29 is 14.3 Å². The van der Waals surface area contributed by atoms with E-state index in [1.54, 1.807) is 6.07 Å². The second kappa shape index (κ2) is 6.99. The molecule has 6 heteroatoms. The Balaban J connectivity index is 2.56. The van der Waals surface area contributed by atoms with E-state index in [9.17, 15) is 9.59 Å². The molecule has 1 aromatic carbocycles. The topological polar surface area (TPSA) is 81.4 Å². The van der Waals surface area contributed by atoms with Crippen LogP contribution >= 0.6 is 11.6 Å². The maximum atomic E-state index is 11.7. The van der Waals surface area contributed by atoms with Crippen LogP contribution in [0.4, 0.5) is 5.69 Å². The highest BCUT2D eigenvalue weighted by Crippen LogP contribution is 2.18. The lowest BCUT2D eigenvalue weighted by Crippen LogP contribution is -2.35. The number of hydrogen-bond acceptors (Lipinski definition) is 4. The van der Waals surface area contributed by atoms with Crippen LogP contribution in [-0.4, -0.2) is 24.5 Å². The number of benzene rings is 1. The molecule has 0 aliphatic rings. The van der Waals surface area contributed by atoms with Crippen LogP contribution in [0.25, 0.3) is 0 Å². The van der Waals surface area contributed by atoms with E-state index in [2.05, 4.69) is 5.32 Å². The molecular formula is C13H17ClN2O3. The molecule has 0 saturated heterocycles. The normalized spacial score (nSPS) is 11.7. The molecule has 0 aliphatic heterocycles. The number of nitrogens with two attached hydrogens (primary N) is 1. The van der Waals surface area contributed by atoms with E-state index in [1.807, 2.05) is 13.8 Å². The molecule has 3 N–H and O–H groups in total. The standard InChI is InChI=1S/C13H17ClN2O3/c1-3-8(2)16-12(17)7-19-13(18)10-6-9(14)4-5-11(10)15/h4-6,8H,3,7,15H2,1-2H3,(H,16,17)/t8-/m0/s1. The van der Waals surface area contributed by atoms with Gasteiger partial charge in [-0.25, -0.2) is 4.79 Å². The summed E-state index contributed by atoms with van der Waals surface area (Å²) in [6.07, 6.45) is 0.806. The van der Waals surface area contributed by atoms with Gasteiger partial charge in [0.1, 0.15) is 0 Å². The van der Waals surface area contributed by atoms with E-state index < -0.39 is 5.97 Å². The number of rotatable bonds is 5. The molecule has 0 radical (unpaired) electrons. The first-order valence-electron chi connectivity index (χ1n) is 5.95. The van der Waals surface area contributed by atoms with Gasteiger partial charge in [-0.15, -0.1) is 0 Å². The first-order valence-corrected chi connectivity index (χ1v) is 6.33. The van der Waals surface area contributed by atoms with Crippen LogP contribution in [0.3, 0.4) is 0 Å². The summed E-state index contributed by atoms with van der Waals surface area (Å²) >= 11 is 5.77. The second-order valence-electron chi connectivity index (χ2n) is 4.18. The molecule has 0 heterocycles. The number of nitrogens with one attached hydrogen (secondary N) is 1. The molecule has 0 bridgehead atoms. The second-order valence-corrected chi connectivity index (χ2v) is 4.62. The molecule has 1 aromatic rings. The fraction of sp³-hybridized carbons (Fsp3) is 0.385. The van der Waals surface area contributed by atoms with Gasteiger partial charge in [0, 0.05) is 16.8 Å².